The summed E-state index contributed by atoms with van der Waals surface area (Å²) < 4.78 is 0. The molecule has 1 N–H and O–H groups in total. The number of nitrogens with zero attached hydrogens (tertiary/aromatic N) is 1. The molecule has 1 rings (SSSR count). The Hall–Kier alpha value is -0.890. The molecule has 2 atom stereocenters. The van der Waals surface area contributed by atoms with Crippen molar-refractivity contribution in [1.29, 1.82) is 0 Å². The van der Waals surface area contributed by atoms with Gasteiger partial charge in [-0.1, -0.05) is 33.6 Å². The van der Waals surface area contributed by atoms with E-state index in [4.69, 9.17) is 0 Å². The van der Waals surface area contributed by atoms with E-state index in [2.05, 4.69) is 50.3 Å². The molecule has 2 heteroatoms. The van der Waals surface area contributed by atoms with Crippen molar-refractivity contribution in [3.05, 3.63) is 30.1 Å². The maximum atomic E-state index is 4.08. The first kappa shape index (κ1) is 13.2. The van der Waals surface area contributed by atoms with Crippen LogP contribution in [0.3, 0.4) is 0 Å². The van der Waals surface area contributed by atoms with Crippen molar-refractivity contribution in [1.82, 2.24) is 10.3 Å². The van der Waals surface area contributed by atoms with Crippen LogP contribution >= 0.6 is 0 Å². The largest absolute Gasteiger partial charge is 0.316 e. The second kappa shape index (κ2) is 6.64. The molecule has 16 heavy (non-hydrogen) atoms. The first-order valence-corrected chi connectivity index (χ1v) is 6.31. The molecular weight excluding hydrogens is 196 g/mol. The fourth-order valence-corrected chi connectivity index (χ4v) is 2.56. The summed E-state index contributed by atoms with van der Waals surface area (Å²) in [6.07, 6.45) is 6.23. The predicted octanol–water partition coefficient (Wildman–Crippen LogP) is 3.21. The van der Waals surface area contributed by atoms with Crippen LogP contribution in [0.4, 0.5) is 0 Å². The third kappa shape index (κ3) is 3.05. The average Bonchev–Trinajstić information content (AvgIpc) is 2.36. The first-order valence-electron chi connectivity index (χ1n) is 6.31. The molecule has 0 bridgehead atoms. The SMILES string of the molecule is CCC(CC)C(NC)C(C)c1ccncc1. The fraction of sp³-hybridized carbons (Fsp3) is 0.643. The molecule has 1 aromatic rings. The molecule has 0 aliphatic rings. The second-order valence-electron chi connectivity index (χ2n) is 4.46. The number of rotatable bonds is 6. The van der Waals surface area contributed by atoms with Gasteiger partial charge in [-0.15, -0.1) is 0 Å². The van der Waals surface area contributed by atoms with Gasteiger partial charge in [-0.05, 0) is 36.6 Å². The summed E-state index contributed by atoms with van der Waals surface area (Å²) in [5.74, 6) is 1.28. The Morgan fingerprint density at radius 2 is 1.75 bits per heavy atom. The predicted molar refractivity (Wildman–Crippen MR) is 69.6 cm³/mol. The molecule has 0 saturated heterocycles. The maximum absolute atomic E-state index is 4.08. The van der Waals surface area contributed by atoms with Gasteiger partial charge in [-0.2, -0.15) is 0 Å². The third-order valence-corrected chi connectivity index (χ3v) is 3.66. The highest BCUT2D eigenvalue weighted by molar-refractivity contribution is 5.17. The van der Waals surface area contributed by atoms with Crippen LogP contribution in [0, 0.1) is 5.92 Å². The van der Waals surface area contributed by atoms with Gasteiger partial charge in [0, 0.05) is 18.4 Å². The Balaban J connectivity index is 2.80. The maximum Gasteiger partial charge on any atom is 0.0270 e. The summed E-state index contributed by atoms with van der Waals surface area (Å²) in [6, 6.07) is 4.80. The van der Waals surface area contributed by atoms with Crippen molar-refractivity contribution in [3.63, 3.8) is 0 Å². The van der Waals surface area contributed by atoms with Crippen molar-refractivity contribution in [2.75, 3.05) is 7.05 Å². The minimum atomic E-state index is 0.540. The molecule has 90 valence electrons. The normalized spacial score (nSPS) is 15.1. The van der Waals surface area contributed by atoms with Gasteiger partial charge in [0.2, 0.25) is 0 Å². The zero-order chi connectivity index (χ0) is 12.0. The van der Waals surface area contributed by atoms with E-state index in [0.717, 1.165) is 5.92 Å². The van der Waals surface area contributed by atoms with Crippen molar-refractivity contribution in [2.24, 2.45) is 5.92 Å². The van der Waals surface area contributed by atoms with E-state index in [0.29, 0.717) is 12.0 Å². The minimum Gasteiger partial charge on any atom is -0.316 e. The van der Waals surface area contributed by atoms with Crippen LogP contribution in [0.25, 0.3) is 0 Å². The van der Waals surface area contributed by atoms with Crippen molar-refractivity contribution in [2.45, 2.75) is 45.6 Å². The standard InChI is InChI=1S/C14H24N2/c1-5-12(6-2)14(15-4)11(3)13-7-9-16-10-8-13/h7-12,14-15H,5-6H2,1-4H3. The second-order valence-corrected chi connectivity index (χ2v) is 4.46. The average molecular weight is 220 g/mol. The van der Waals surface area contributed by atoms with Gasteiger partial charge in [0.05, 0.1) is 0 Å². The van der Waals surface area contributed by atoms with Crippen LogP contribution in [0.2, 0.25) is 0 Å². The van der Waals surface area contributed by atoms with Gasteiger partial charge in [-0.3, -0.25) is 4.98 Å². The zero-order valence-corrected chi connectivity index (χ0v) is 10.9. The molecule has 1 aromatic heterocycles. The Bertz CT molecular complexity index is 280. The lowest BCUT2D eigenvalue weighted by Gasteiger charge is -2.30. The van der Waals surface area contributed by atoms with Gasteiger partial charge >= 0.3 is 0 Å². The molecule has 0 radical (unpaired) electrons. The number of hydrogen-bond acceptors (Lipinski definition) is 2. The highest BCUT2D eigenvalue weighted by Gasteiger charge is 2.23. The molecular formula is C14H24N2. The lowest BCUT2D eigenvalue weighted by atomic mass is 9.82. The van der Waals surface area contributed by atoms with Crippen LogP contribution in [0.5, 0.6) is 0 Å². The quantitative estimate of drug-likeness (QED) is 0.796. The molecule has 0 aliphatic carbocycles. The summed E-state index contributed by atoms with van der Waals surface area (Å²) in [7, 11) is 2.07. The van der Waals surface area contributed by atoms with Crippen molar-refractivity contribution >= 4 is 0 Å². The topological polar surface area (TPSA) is 24.9 Å². The monoisotopic (exact) mass is 220 g/mol. The highest BCUT2D eigenvalue weighted by Crippen LogP contribution is 2.26. The van der Waals surface area contributed by atoms with Gasteiger partial charge in [0.25, 0.3) is 0 Å². The molecule has 2 unspecified atom stereocenters. The number of aromatic nitrogens is 1. The Morgan fingerprint density at radius 1 is 1.19 bits per heavy atom. The molecule has 0 amide bonds. The van der Waals surface area contributed by atoms with E-state index >= 15 is 0 Å². The summed E-state index contributed by atoms with van der Waals surface area (Å²) in [5.41, 5.74) is 1.38. The fourth-order valence-electron chi connectivity index (χ4n) is 2.56. The molecule has 1 heterocycles. The third-order valence-electron chi connectivity index (χ3n) is 3.66. The number of pyridine rings is 1. The van der Waals surface area contributed by atoms with E-state index in [9.17, 15) is 0 Å². The lowest BCUT2D eigenvalue weighted by Crippen LogP contribution is -2.37. The summed E-state index contributed by atoms with van der Waals surface area (Å²) in [4.78, 5) is 4.08. The molecule has 0 spiro atoms. The highest BCUT2D eigenvalue weighted by atomic mass is 14.9. The number of hydrogen-bond donors (Lipinski definition) is 1. The van der Waals surface area contributed by atoms with Gasteiger partial charge < -0.3 is 5.32 Å². The Kier molecular flexibility index (Phi) is 5.47. The van der Waals surface area contributed by atoms with Gasteiger partial charge in [0.1, 0.15) is 0 Å². The van der Waals surface area contributed by atoms with E-state index < -0.39 is 0 Å². The Morgan fingerprint density at radius 3 is 2.19 bits per heavy atom. The van der Waals surface area contributed by atoms with E-state index in [-0.39, 0.29) is 0 Å². The lowest BCUT2D eigenvalue weighted by molar-refractivity contribution is 0.314. The first-order chi connectivity index (χ1) is 7.74. The van der Waals surface area contributed by atoms with Crippen LogP contribution in [-0.2, 0) is 0 Å². The summed E-state index contributed by atoms with van der Waals surface area (Å²) in [5, 5.41) is 3.48. The smallest absolute Gasteiger partial charge is 0.0270 e. The molecule has 0 saturated carbocycles. The van der Waals surface area contributed by atoms with Crippen molar-refractivity contribution in [3.8, 4) is 0 Å². The number of likely N-dealkylation sites (N-methyl/N-ethyl adjacent to an activating group) is 1. The summed E-state index contributed by atoms with van der Waals surface area (Å²) >= 11 is 0. The zero-order valence-electron chi connectivity index (χ0n) is 10.9. The van der Waals surface area contributed by atoms with Crippen LogP contribution in [-0.4, -0.2) is 18.1 Å². The van der Waals surface area contributed by atoms with E-state index in [1.165, 1.54) is 18.4 Å². The molecule has 0 aliphatic heterocycles. The minimum absolute atomic E-state index is 0.540. The van der Waals surface area contributed by atoms with Crippen LogP contribution in [0.1, 0.15) is 45.1 Å². The van der Waals surface area contributed by atoms with E-state index in [1.54, 1.807) is 0 Å². The molecule has 2 nitrogen and oxygen atoms in total. The number of nitrogens with one attached hydrogen (secondary N) is 1. The van der Waals surface area contributed by atoms with Crippen molar-refractivity contribution < 1.29 is 0 Å². The van der Waals surface area contributed by atoms with Crippen LogP contribution in [0.15, 0.2) is 24.5 Å². The summed E-state index contributed by atoms with van der Waals surface area (Å²) in [6.45, 7) is 6.85. The van der Waals surface area contributed by atoms with E-state index in [1.807, 2.05) is 12.4 Å². The molecule has 0 fully saturated rings. The van der Waals surface area contributed by atoms with Gasteiger partial charge in [-0.25, -0.2) is 0 Å². The van der Waals surface area contributed by atoms with Gasteiger partial charge in [0.15, 0.2) is 0 Å². The Labute approximate surface area is 99.5 Å². The molecule has 0 aromatic carbocycles. The van der Waals surface area contributed by atoms with Crippen LogP contribution < -0.4 is 5.32 Å².